The first kappa shape index (κ1) is 7.49. The zero-order valence-corrected chi connectivity index (χ0v) is 6.34. The average molecular weight is 139 g/mol. The molecular weight excluding hydrogens is 126 g/mol. The van der Waals surface area contributed by atoms with Gasteiger partial charge in [-0.05, 0) is 31.1 Å². The summed E-state index contributed by atoms with van der Waals surface area (Å²) in [5.74, 6) is 1.69. The standard InChI is InChI=1S/C8H13NO/c1-7(8-2-3-8)4-5-9-6-10/h7-8H,2-5H2,1H3. The Labute approximate surface area is 61.3 Å². The molecule has 2 nitrogen and oxygen atoms in total. The molecule has 10 heavy (non-hydrogen) atoms. The molecule has 56 valence electrons. The lowest BCUT2D eigenvalue weighted by molar-refractivity contribution is 0.476. The molecule has 0 spiro atoms. The normalized spacial score (nSPS) is 19.7. The van der Waals surface area contributed by atoms with Gasteiger partial charge in [0, 0.05) is 0 Å². The lowest BCUT2D eigenvalue weighted by atomic mass is 10.0. The molecule has 0 aromatic rings. The van der Waals surface area contributed by atoms with Crippen LogP contribution >= 0.6 is 0 Å². The summed E-state index contributed by atoms with van der Waals surface area (Å²) in [5.41, 5.74) is 0. The van der Waals surface area contributed by atoms with Crippen LogP contribution in [0.1, 0.15) is 26.2 Å². The molecule has 0 aliphatic heterocycles. The molecule has 1 rings (SSSR count). The maximum atomic E-state index is 9.68. The molecule has 2 heteroatoms. The number of nitrogens with zero attached hydrogens (tertiary/aromatic N) is 1. The van der Waals surface area contributed by atoms with Gasteiger partial charge < -0.3 is 0 Å². The summed E-state index contributed by atoms with van der Waals surface area (Å²) < 4.78 is 0. The van der Waals surface area contributed by atoms with Crippen molar-refractivity contribution in [3.63, 3.8) is 0 Å². The fourth-order valence-corrected chi connectivity index (χ4v) is 1.21. The Balaban J connectivity index is 2.05. The summed E-state index contributed by atoms with van der Waals surface area (Å²) in [6, 6.07) is 0. The van der Waals surface area contributed by atoms with Gasteiger partial charge in [0.05, 0.1) is 6.54 Å². The summed E-state index contributed by atoms with van der Waals surface area (Å²) in [7, 11) is 0. The Morgan fingerprint density at radius 3 is 2.90 bits per heavy atom. The first-order valence-electron chi connectivity index (χ1n) is 3.88. The van der Waals surface area contributed by atoms with E-state index in [4.69, 9.17) is 0 Å². The van der Waals surface area contributed by atoms with E-state index in [1.807, 2.05) is 0 Å². The maximum absolute atomic E-state index is 9.68. The van der Waals surface area contributed by atoms with E-state index in [9.17, 15) is 4.79 Å². The van der Waals surface area contributed by atoms with E-state index in [0.29, 0.717) is 6.54 Å². The van der Waals surface area contributed by atoms with Gasteiger partial charge >= 0.3 is 0 Å². The summed E-state index contributed by atoms with van der Waals surface area (Å²) in [6.07, 6.45) is 5.37. The fourth-order valence-electron chi connectivity index (χ4n) is 1.21. The van der Waals surface area contributed by atoms with Crippen molar-refractivity contribution in [2.24, 2.45) is 16.8 Å². The number of hydrogen-bond acceptors (Lipinski definition) is 2. The highest BCUT2D eigenvalue weighted by molar-refractivity contribution is 5.32. The van der Waals surface area contributed by atoms with Crippen LogP contribution in [-0.4, -0.2) is 12.6 Å². The predicted molar refractivity (Wildman–Crippen MR) is 39.5 cm³/mol. The third-order valence-corrected chi connectivity index (χ3v) is 2.19. The summed E-state index contributed by atoms with van der Waals surface area (Å²) in [4.78, 5) is 13.2. The van der Waals surface area contributed by atoms with Gasteiger partial charge in [-0.3, -0.25) is 0 Å². The smallest absolute Gasteiger partial charge is 0.211 e. The molecule has 0 amide bonds. The molecule has 0 aromatic heterocycles. The topological polar surface area (TPSA) is 29.4 Å². The maximum Gasteiger partial charge on any atom is 0.234 e. The van der Waals surface area contributed by atoms with Crippen LogP contribution in [0.2, 0.25) is 0 Å². The molecule has 1 fully saturated rings. The van der Waals surface area contributed by atoms with E-state index in [-0.39, 0.29) is 0 Å². The first-order chi connectivity index (χ1) is 4.84. The van der Waals surface area contributed by atoms with Gasteiger partial charge in [-0.25, -0.2) is 9.79 Å². The van der Waals surface area contributed by atoms with Crippen LogP contribution < -0.4 is 0 Å². The second kappa shape index (κ2) is 3.52. The van der Waals surface area contributed by atoms with Crippen molar-refractivity contribution in [2.75, 3.05) is 6.54 Å². The molecule has 1 unspecified atom stereocenters. The highest BCUT2D eigenvalue weighted by Gasteiger charge is 2.26. The summed E-state index contributed by atoms with van der Waals surface area (Å²) in [5, 5.41) is 0. The van der Waals surface area contributed by atoms with E-state index in [2.05, 4.69) is 11.9 Å². The molecule has 1 aliphatic rings. The van der Waals surface area contributed by atoms with Gasteiger partial charge in [-0.15, -0.1) is 0 Å². The van der Waals surface area contributed by atoms with Crippen LogP contribution in [0.4, 0.5) is 0 Å². The SMILES string of the molecule is CC(CCN=C=O)C1CC1. The zero-order chi connectivity index (χ0) is 7.40. The molecule has 0 radical (unpaired) electrons. The second-order valence-corrected chi connectivity index (χ2v) is 3.08. The fraction of sp³-hybridized carbons (Fsp3) is 0.875. The molecule has 0 saturated heterocycles. The van der Waals surface area contributed by atoms with Crippen LogP contribution in [-0.2, 0) is 4.79 Å². The van der Waals surface area contributed by atoms with E-state index < -0.39 is 0 Å². The highest BCUT2D eigenvalue weighted by Crippen LogP contribution is 2.37. The van der Waals surface area contributed by atoms with Crippen molar-refractivity contribution >= 4 is 6.08 Å². The number of aliphatic imine (C=N–C) groups is 1. The highest BCUT2D eigenvalue weighted by atomic mass is 16.1. The Hall–Kier alpha value is -0.620. The Bertz CT molecular complexity index is 145. The Morgan fingerprint density at radius 2 is 2.40 bits per heavy atom. The van der Waals surface area contributed by atoms with Crippen molar-refractivity contribution < 1.29 is 4.79 Å². The molecule has 0 bridgehead atoms. The molecule has 0 N–H and O–H groups in total. The molecule has 0 heterocycles. The van der Waals surface area contributed by atoms with Gasteiger partial charge in [0.25, 0.3) is 0 Å². The van der Waals surface area contributed by atoms with Crippen molar-refractivity contribution in [1.29, 1.82) is 0 Å². The van der Waals surface area contributed by atoms with Crippen LogP contribution in [0.25, 0.3) is 0 Å². The number of carbonyl (C=O) groups excluding carboxylic acids is 1. The van der Waals surface area contributed by atoms with Gasteiger partial charge in [0.2, 0.25) is 6.08 Å². The first-order valence-corrected chi connectivity index (χ1v) is 3.88. The van der Waals surface area contributed by atoms with E-state index in [1.54, 1.807) is 6.08 Å². The summed E-state index contributed by atoms with van der Waals surface area (Å²) >= 11 is 0. The number of rotatable bonds is 4. The lowest BCUT2D eigenvalue weighted by Gasteiger charge is -2.04. The molecule has 1 atom stereocenters. The minimum atomic E-state index is 0.668. The van der Waals surface area contributed by atoms with Crippen molar-refractivity contribution in [3.8, 4) is 0 Å². The largest absolute Gasteiger partial charge is 0.234 e. The zero-order valence-electron chi connectivity index (χ0n) is 6.34. The quantitative estimate of drug-likeness (QED) is 0.431. The average Bonchev–Trinajstić information content (AvgIpc) is 2.69. The number of hydrogen-bond donors (Lipinski definition) is 0. The van der Waals surface area contributed by atoms with Crippen LogP contribution in [0, 0.1) is 11.8 Å². The summed E-state index contributed by atoms with van der Waals surface area (Å²) in [6.45, 7) is 2.90. The van der Waals surface area contributed by atoms with Crippen LogP contribution in [0.3, 0.4) is 0 Å². The molecule has 1 saturated carbocycles. The Morgan fingerprint density at radius 1 is 1.70 bits per heavy atom. The minimum absolute atomic E-state index is 0.668. The Kier molecular flexibility index (Phi) is 2.64. The van der Waals surface area contributed by atoms with Crippen molar-refractivity contribution in [2.45, 2.75) is 26.2 Å². The number of isocyanates is 1. The predicted octanol–water partition coefficient (Wildman–Crippen LogP) is 1.76. The van der Waals surface area contributed by atoms with Gasteiger partial charge in [0.1, 0.15) is 0 Å². The van der Waals surface area contributed by atoms with Crippen molar-refractivity contribution in [3.05, 3.63) is 0 Å². The third-order valence-electron chi connectivity index (χ3n) is 2.19. The molecule has 0 aromatic carbocycles. The van der Waals surface area contributed by atoms with E-state index in [0.717, 1.165) is 18.3 Å². The monoisotopic (exact) mass is 139 g/mol. The van der Waals surface area contributed by atoms with E-state index in [1.165, 1.54) is 12.8 Å². The van der Waals surface area contributed by atoms with E-state index >= 15 is 0 Å². The van der Waals surface area contributed by atoms with Crippen molar-refractivity contribution in [1.82, 2.24) is 0 Å². The van der Waals surface area contributed by atoms with Crippen LogP contribution in [0.5, 0.6) is 0 Å². The second-order valence-electron chi connectivity index (χ2n) is 3.08. The molecule has 1 aliphatic carbocycles. The lowest BCUT2D eigenvalue weighted by Crippen LogP contribution is -1.98. The molecular formula is C8H13NO. The van der Waals surface area contributed by atoms with Gasteiger partial charge in [0.15, 0.2) is 0 Å². The van der Waals surface area contributed by atoms with Gasteiger partial charge in [-0.2, -0.15) is 0 Å². The van der Waals surface area contributed by atoms with Gasteiger partial charge in [-0.1, -0.05) is 6.92 Å². The third kappa shape index (κ3) is 2.32. The minimum Gasteiger partial charge on any atom is -0.211 e. The van der Waals surface area contributed by atoms with Crippen LogP contribution in [0.15, 0.2) is 4.99 Å².